The summed E-state index contributed by atoms with van der Waals surface area (Å²) in [6.45, 7) is 3.13. The minimum Gasteiger partial charge on any atom is -0.349 e. The minimum absolute atomic E-state index is 0.120. The van der Waals surface area contributed by atoms with Gasteiger partial charge in [0.2, 0.25) is 0 Å². The fraction of sp³-hybridized carbons (Fsp3) is 0.250. The van der Waals surface area contributed by atoms with Crippen LogP contribution in [0.3, 0.4) is 0 Å². The van der Waals surface area contributed by atoms with Gasteiger partial charge in [-0.1, -0.05) is 6.07 Å². The number of amides is 1. The summed E-state index contributed by atoms with van der Waals surface area (Å²) in [6, 6.07) is 5.75. The maximum atomic E-state index is 11.8. The first kappa shape index (κ1) is 10.0. The molecular formula is C12H12N4O. The van der Waals surface area contributed by atoms with Crippen LogP contribution in [0.25, 0.3) is 5.65 Å². The van der Waals surface area contributed by atoms with Crippen molar-refractivity contribution >= 4 is 17.3 Å². The monoisotopic (exact) mass is 228 g/mol. The molecule has 17 heavy (non-hydrogen) atoms. The maximum absolute atomic E-state index is 11.8. The van der Waals surface area contributed by atoms with E-state index in [4.69, 9.17) is 0 Å². The first-order chi connectivity index (χ1) is 8.27. The Labute approximate surface area is 98.2 Å². The number of hydrogen-bond acceptors (Lipinski definition) is 3. The molecule has 0 fully saturated rings. The van der Waals surface area contributed by atoms with E-state index in [1.165, 1.54) is 0 Å². The molecule has 2 aromatic heterocycles. The number of rotatable bonds is 1. The van der Waals surface area contributed by atoms with Crippen LogP contribution in [0.5, 0.6) is 0 Å². The normalized spacial score (nSPS) is 15.8. The number of carbonyl (C=O) groups is 1. The molecule has 0 spiro atoms. The van der Waals surface area contributed by atoms with Gasteiger partial charge in [0.25, 0.3) is 5.91 Å². The first-order valence-corrected chi connectivity index (χ1v) is 5.54. The van der Waals surface area contributed by atoms with Crippen LogP contribution < -0.4 is 5.32 Å². The lowest BCUT2D eigenvalue weighted by atomic mass is 10.2. The number of aryl methyl sites for hydroxylation is 1. The first-order valence-electron chi connectivity index (χ1n) is 5.54. The van der Waals surface area contributed by atoms with Crippen molar-refractivity contribution in [2.45, 2.75) is 6.92 Å². The molecule has 0 atom stereocenters. The number of nitrogens with one attached hydrogen (secondary N) is 1. The number of hydrogen-bond donors (Lipinski definition) is 1. The number of fused-ring (bicyclic) bond motifs is 1. The smallest absolute Gasteiger partial charge is 0.271 e. The molecule has 0 bridgehead atoms. The Morgan fingerprint density at radius 2 is 2.29 bits per heavy atom. The lowest BCUT2D eigenvalue weighted by Gasteiger charge is -2.13. The van der Waals surface area contributed by atoms with Crippen LogP contribution in [0.15, 0.2) is 29.4 Å². The molecule has 0 saturated carbocycles. The van der Waals surface area contributed by atoms with Crippen LogP contribution in [-0.2, 0) is 4.79 Å². The van der Waals surface area contributed by atoms with Crippen molar-refractivity contribution in [2.75, 3.05) is 13.1 Å². The summed E-state index contributed by atoms with van der Waals surface area (Å²) in [5, 5.41) is 2.80. The molecule has 0 aromatic carbocycles. The fourth-order valence-electron chi connectivity index (χ4n) is 2.07. The quantitative estimate of drug-likeness (QED) is 0.775. The van der Waals surface area contributed by atoms with Crippen molar-refractivity contribution < 1.29 is 4.79 Å². The standard InChI is InChI=1S/C12H12N4O/c1-8-11(10-12(17)14-6-5-13-10)16-7-3-2-4-9(16)15-8/h2-4,7H,5-6H2,1H3,(H,14,17). The summed E-state index contributed by atoms with van der Waals surface area (Å²) in [5.74, 6) is -0.120. The van der Waals surface area contributed by atoms with Crippen LogP contribution in [-0.4, -0.2) is 34.1 Å². The zero-order valence-corrected chi connectivity index (χ0v) is 9.47. The van der Waals surface area contributed by atoms with Gasteiger partial charge in [-0.3, -0.25) is 14.2 Å². The number of aromatic nitrogens is 2. The van der Waals surface area contributed by atoms with Gasteiger partial charge >= 0.3 is 0 Å². The van der Waals surface area contributed by atoms with E-state index in [-0.39, 0.29) is 5.91 Å². The van der Waals surface area contributed by atoms with Gasteiger partial charge < -0.3 is 5.32 Å². The molecule has 0 radical (unpaired) electrons. The van der Waals surface area contributed by atoms with Crippen molar-refractivity contribution in [3.63, 3.8) is 0 Å². The highest BCUT2D eigenvalue weighted by molar-refractivity contribution is 6.45. The number of nitrogens with zero attached hydrogens (tertiary/aromatic N) is 3. The lowest BCUT2D eigenvalue weighted by molar-refractivity contribution is -0.115. The average molecular weight is 228 g/mol. The van der Waals surface area contributed by atoms with Gasteiger partial charge in [-0.25, -0.2) is 4.98 Å². The Balaban J connectivity index is 2.26. The van der Waals surface area contributed by atoms with Crippen LogP contribution in [0.1, 0.15) is 11.4 Å². The molecule has 86 valence electrons. The Kier molecular flexibility index (Phi) is 2.18. The number of carbonyl (C=O) groups excluding carboxylic acids is 1. The predicted molar refractivity (Wildman–Crippen MR) is 64.3 cm³/mol. The highest BCUT2D eigenvalue weighted by Gasteiger charge is 2.22. The Hall–Kier alpha value is -2.17. The molecule has 0 unspecified atom stereocenters. The molecule has 5 nitrogen and oxygen atoms in total. The van der Waals surface area contributed by atoms with Gasteiger partial charge in [0.05, 0.1) is 17.9 Å². The number of aliphatic imine (C=N–C) groups is 1. The summed E-state index contributed by atoms with van der Waals surface area (Å²) in [7, 11) is 0. The zero-order valence-electron chi connectivity index (χ0n) is 9.47. The van der Waals surface area contributed by atoms with Gasteiger partial charge in [0.15, 0.2) is 0 Å². The second-order valence-corrected chi connectivity index (χ2v) is 3.96. The van der Waals surface area contributed by atoms with E-state index < -0.39 is 0 Å². The van der Waals surface area contributed by atoms with E-state index in [1.54, 1.807) is 0 Å². The van der Waals surface area contributed by atoms with E-state index in [1.807, 2.05) is 35.7 Å². The SMILES string of the molecule is Cc1nc2ccccn2c1C1=NCCNC1=O. The highest BCUT2D eigenvalue weighted by atomic mass is 16.2. The number of imidazole rings is 1. The van der Waals surface area contributed by atoms with Gasteiger partial charge in [0.1, 0.15) is 11.4 Å². The molecule has 0 aliphatic carbocycles. The molecule has 3 heterocycles. The van der Waals surface area contributed by atoms with E-state index >= 15 is 0 Å². The molecular weight excluding hydrogens is 216 g/mol. The van der Waals surface area contributed by atoms with Gasteiger partial charge in [0, 0.05) is 12.7 Å². The van der Waals surface area contributed by atoms with Crippen LogP contribution in [0, 0.1) is 6.92 Å². The molecule has 1 aliphatic rings. The summed E-state index contributed by atoms with van der Waals surface area (Å²) < 4.78 is 1.90. The topological polar surface area (TPSA) is 58.8 Å². The second kappa shape index (κ2) is 3.69. The average Bonchev–Trinajstić information content (AvgIpc) is 2.66. The number of pyridine rings is 1. The van der Waals surface area contributed by atoms with E-state index in [0.29, 0.717) is 18.8 Å². The van der Waals surface area contributed by atoms with Crippen molar-refractivity contribution in [2.24, 2.45) is 4.99 Å². The van der Waals surface area contributed by atoms with Crippen LogP contribution in [0.2, 0.25) is 0 Å². The third kappa shape index (κ3) is 1.51. The van der Waals surface area contributed by atoms with Crippen molar-refractivity contribution in [1.82, 2.24) is 14.7 Å². The van der Waals surface area contributed by atoms with Crippen molar-refractivity contribution in [3.8, 4) is 0 Å². The van der Waals surface area contributed by atoms with Crippen molar-refractivity contribution in [1.29, 1.82) is 0 Å². The Bertz CT molecular complexity index is 626. The molecule has 1 amide bonds. The molecule has 0 saturated heterocycles. The maximum Gasteiger partial charge on any atom is 0.271 e. The van der Waals surface area contributed by atoms with E-state index in [2.05, 4.69) is 15.3 Å². The van der Waals surface area contributed by atoms with Crippen LogP contribution in [0.4, 0.5) is 0 Å². The second-order valence-electron chi connectivity index (χ2n) is 3.96. The molecule has 1 aliphatic heterocycles. The highest BCUT2D eigenvalue weighted by Crippen LogP contribution is 2.14. The van der Waals surface area contributed by atoms with Gasteiger partial charge in [-0.2, -0.15) is 0 Å². The summed E-state index contributed by atoms with van der Waals surface area (Å²) in [6.07, 6.45) is 1.90. The van der Waals surface area contributed by atoms with Crippen molar-refractivity contribution in [3.05, 3.63) is 35.8 Å². The molecule has 3 rings (SSSR count). The van der Waals surface area contributed by atoms with Gasteiger partial charge in [-0.15, -0.1) is 0 Å². The largest absolute Gasteiger partial charge is 0.349 e. The van der Waals surface area contributed by atoms with E-state index in [9.17, 15) is 4.79 Å². The third-order valence-corrected chi connectivity index (χ3v) is 2.81. The fourth-order valence-corrected chi connectivity index (χ4v) is 2.07. The molecule has 1 N–H and O–H groups in total. The Morgan fingerprint density at radius 3 is 3.12 bits per heavy atom. The summed E-state index contributed by atoms with van der Waals surface area (Å²) in [4.78, 5) is 20.5. The van der Waals surface area contributed by atoms with Gasteiger partial charge in [-0.05, 0) is 19.1 Å². The Morgan fingerprint density at radius 1 is 1.41 bits per heavy atom. The van der Waals surface area contributed by atoms with Crippen LogP contribution >= 0.6 is 0 Å². The summed E-state index contributed by atoms with van der Waals surface area (Å²) in [5.41, 5.74) is 2.93. The molecule has 2 aromatic rings. The zero-order chi connectivity index (χ0) is 11.8. The third-order valence-electron chi connectivity index (χ3n) is 2.81. The predicted octanol–water partition coefficient (Wildman–Crippen LogP) is 0.562. The lowest BCUT2D eigenvalue weighted by Crippen LogP contribution is -2.38. The van der Waals surface area contributed by atoms with E-state index in [0.717, 1.165) is 17.0 Å². The summed E-state index contributed by atoms with van der Waals surface area (Å²) >= 11 is 0. The minimum atomic E-state index is -0.120. The molecule has 5 heteroatoms.